The molecule has 3 heterocycles. The summed E-state index contributed by atoms with van der Waals surface area (Å²) in [5, 5.41) is 30.2. The van der Waals surface area contributed by atoms with E-state index in [1.165, 1.54) is 6.08 Å². The second kappa shape index (κ2) is 12.6. The molecule has 3 saturated heterocycles. The Kier molecular flexibility index (Phi) is 10.1. The van der Waals surface area contributed by atoms with Crippen LogP contribution in [0.5, 0.6) is 0 Å². The maximum absolute atomic E-state index is 12.2. The van der Waals surface area contributed by atoms with Gasteiger partial charge in [0.05, 0.1) is 31.5 Å². The van der Waals surface area contributed by atoms with Crippen molar-refractivity contribution in [1.29, 1.82) is 0 Å². The van der Waals surface area contributed by atoms with Crippen molar-refractivity contribution in [2.24, 2.45) is 11.8 Å². The number of carbonyl (C=O) groups excluding carboxylic acids is 1. The van der Waals surface area contributed by atoms with Gasteiger partial charge in [0.25, 0.3) is 0 Å². The number of aliphatic hydroxyl groups is 2. The zero-order chi connectivity index (χ0) is 25.6. The Labute approximate surface area is 207 Å². The van der Waals surface area contributed by atoms with Gasteiger partial charge in [-0.15, -0.1) is 0 Å². The molecule has 0 aromatic carbocycles. The first kappa shape index (κ1) is 28.1. The zero-order valence-electron chi connectivity index (χ0n) is 21.2. The van der Waals surface area contributed by atoms with Crippen LogP contribution in [0.4, 0.5) is 0 Å². The lowest BCUT2D eigenvalue weighted by Gasteiger charge is -2.50. The quantitative estimate of drug-likeness (QED) is 0.188. The molecule has 0 aromatic rings. The maximum Gasteiger partial charge on any atom is 0.330 e. The molecule has 3 fully saturated rings. The Morgan fingerprint density at radius 1 is 1.14 bits per heavy atom. The van der Waals surface area contributed by atoms with Crippen LogP contribution in [0.3, 0.4) is 0 Å². The fourth-order valence-corrected chi connectivity index (χ4v) is 5.34. The lowest BCUT2D eigenvalue weighted by atomic mass is 9.86. The molecule has 0 amide bonds. The maximum atomic E-state index is 12.2. The standard InChI is InChI=1S/C26H42O9/c1-16(13-23(30)32-11-9-7-5-4-6-8-10-22(28)29)12-21-26(31)25-19(15-33-21)14-20(34-25)24(35-26)17(2)18(3)27/h13,17-21,24-25,27,31H,4-12,14-15H2,1-3H3,(H,28,29). The molecule has 8 unspecified atom stereocenters. The van der Waals surface area contributed by atoms with Gasteiger partial charge in [-0.2, -0.15) is 0 Å². The highest BCUT2D eigenvalue weighted by Crippen LogP contribution is 2.49. The Morgan fingerprint density at radius 3 is 2.51 bits per heavy atom. The number of hydrogen-bond acceptors (Lipinski definition) is 8. The van der Waals surface area contributed by atoms with E-state index in [2.05, 4.69) is 0 Å². The SMILES string of the molecule is CC(=CC(=O)OCCCCCCCCC(=O)O)CC1OCC2CC3OC2C1(O)OC3C(C)C(C)O. The van der Waals surface area contributed by atoms with E-state index in [1.807, 2.05) is 6.92 Å². The fraction of sp³-hybridized carbons (Fsp3) is 0.846. The summed E-state index contributed by atoms with van der Waals surface area (Å²) in [6, 6.07) is 0. The summed E-state index contributed by atoms with van der Waals surface area (Å²) in [5.41, 5.74) is 0.717. The Bertz CT molecular complexity index is 751. The van der Waals surface area contributed by atoms with Gasteiger partial charge in [0.15, 0.2) is 0 Å². The molecule has 0 spiro atoms. The van der Waals surface area contributed by atoms with Crippen molar-refractivity contribution in [1.82, 2.24) is 0 Å². The molecule has 9 heteroatoms. The second-order valence-electron chi connectivity index (χ2n) is 10.5. The van der Waals surface area contributed by atoms with Crippen LogP contribution in [0.25, 0.3) is 0 Å². The molecule has 3 N–H and O–H groups in total. The second-order valence-corrected chi connectivity index (χ2v) is 10.5. The summed E-state index contributed by atoms with van der Waals surface area (Å²) in [7, 11) is 0. The zero-order valence-corrected chi connectivity index (χ0v) is 21.2. The largest absolute Gasteiger partial charge is 0.481 e. The monoisotopic (exact) mass is 498 g/mol. The first-order chi connectivity index (χ1) is 16.6. The van der Waals surface area contributed by atoms with E-state index in [9.17, 15) is 19.8 Å². The summed E-state index contributed by atoms with van der Waals surface area (Å²) < 4.78 is 23.6. The van der Waals surface area contributed by atoms with Crippen molar-refractivity contribution in [2.45, 2.75) is 115 Å². The van der Waals surface area contributed by atoms with Crippen molar-refractivity contribution in [3.8, 4) is 0 Å². The van der Waals surface area contributed by atoms with Gasteiger partial charge in [-0.25, -0.2) is 4.79 Å². The number of carbonyl (C=O) groups is 2. The van der Waals surface area contributed by atoms with Crippen LogP contribution in [-0.2, 0) is 28.5 Å². The number of aliphatic carboxylic acids is 1. The minimum atomic E-state index is -1.63. The molecule has 8 atom stereocenters. The Balaban J connectivity index is 1.43. The molecular weight excluding hydrogens is 456 g/mol. The van der Waals surface area contributed by atoms with Crippen LogP contribution >= 0.6 is 0 Å². The number of carboxylic acids is 1. The molecule has 2 bridgehead atoms. The number of unbranched alkanes of at least 4 members (excludes halogenated alkanes) is 5. The molecule has 0 radical (unpaired) electrons. The van der Waals surface area contributed by atoms with Crippen molar-refractivity contribution < 1.29 is 43.9 Å². The summed E-state index contributed by atoms with van der Waals surface area (Å²) in [6.07, 6.45) is 5.58. The highest BCUT2D eigenvalue weighted by molar-refractivity contribution is 5.82. The average Bonchev–Trinajstić information content (AvgIpc) is 3.20. The van der Waals surface area contributed by atoms with Crippen LogP contribution in [0, 0.1) is 11.8 Å². The summed E-state index contributed by atoms with van der Waals surface area (Å²) >= 11 is 0. The number of aliphatic hydroxyl groups excluding tert-OH is 1. The van der Waals surface area contributed by atoms with E-state index in [4.69, 9.17) is 24.1 Å². The van der Waals surface area contributed by atoms with E-state index in [0.29, 0.717) is 31.6 Å². The van der Waals surface area contributed by atoms with Gasteiger partial charge >= 0.3 is 11.9 Å². The Morgan fingerprint density at radius 2 is 1.83 bits per heavy atom. The minimum Gasteiger partial charge on any atom is -0.481 e. The van der Waals surface area contributed by atoms with Crippen molar-refractivity contribution >= 4 is 11.9 Å². The van der Waals surface area contributed by atoms with Crippen LogP contribution in [0.15, 0.2) is 11.6 Å². The van der Waals surface area contributed by atoms with E-state index in [-0.39, 0.29) is 24.4 Å². The molecule has 3 aliphatic heterocycles. The van der Waals surface area contributed by atoms with Gasteiger partial charge in [-0.1, -0.05) is 38.2 Å². The third-order valence-corrected chi connectivity index (χ3v) is 7.54. The van der Waals surface area contributed by atoms with E-state index in [0.717, 1.165) is 38.5 Å². The normalized spacial score (nSPS) is 33.9. The molecule has 0 aromatic heterocycles. The lowest BCUT2D eigenvalue weighted by molar-refractivity contribution is -0.392. The third kappa shape index (κ3) is 7.26. The van der Waals surface area contributed by atoms with Crippen molar-refractivity contribution in [2.75, 3.05) is 13.2 Å². The fourth-order valence-electron chi connectivity index (χ4n) is 5.34. The number of hydrogen-bond donors (Lipinski definition) is 3. The molecular formula is C26H42O9. The number of rotatable bonds is 14. The van der Waals surface area contributed by atoms with Crippen LogP contribution < -0.4 is 0 Å². The van der Waals surface area contributed by atoms with E-state index < -0.39 is 42.1 Å². The number of fused-ring (bicyclic) bond motifs is 1. The Hall–Kier alpha value is -1.52. The highest BCUT2D eigenvalue weighted by atomic mass is 16.7. The van der Waals surface area contributed by atoms with Crippen molar-refractivity contribution in [3.05, 3.63) is 11.6 Å². The van der Waals surface area contributed by atoms with E-state index in [1.54, 1.807) is 13.8 Å². The molecule has 35 heavy (non-hydrogen) atoms. The van der Waals surface area contributed by atoms with Gasteiger partial charge < -0.3 is 34.3 Å². The van der Waals surface area contributed by atoms with Gasteiger partial charge in [-0.3, -0.25) is 4.79 Å². The number of carboxylic acid groups (broad SMARTS) is 1. The first-order valence-corrected chi connectivity index (χ1v) is 13.0. The van der Waals surface area contributed by atoms with Crippen molar-refractivity contribution in [3.63, 3.8) is 0 Å². The average molecular weight is 499 g/mol. The molecule has 0 saturated carbocycles. The molecule has 3 rings (SSSR count). The van der Waals surface area contributed by atoms with Crippen LogP contribution in [-0.4, -0.2) is 76.8 Å². The molecule has 3 aliphatic rings. The lowest BCUT2D eigenvalue weighted by Crippen LogP contribution is -2.66. The van der Waals surface area contributed by atoms with E-state index >= 15 is 0 Å². The van der Waals surface area contributed by atoms with Gasteiger partial charge in [-0.05, 0) is 33.1 Å². The first-order valence-electron chi connectivity index (χ1n) is 13.0. The third-order valence-electron chi connectivity index (χ3n) is 7.54. The topological polar surface area (TPSA) is 132 Å². The molecule has 200 valence electrons. The van der Waals surface area contributed by atoms with Gasteiger partial charge in [0, 0.05) is 30.8 Å². The summed E-state index contributed by atoms with van der Waals surface area (Å²) in [4.78, 5) is 22.7. The minimum absolute atomic E-state index is 0.0406. The number of ether oxygens (including phenoxy) is 4. The predicted octanol–water partition coefficient (Wildman–Crippen LogP) is 2.96. The summed E-state index contributed by atoms with van der Waals surface area (Å²) in [5.74, 6) is -2.98. The smallest absolute Gasteiger partial charge is 0.330 e. The predicted molar refractivity (Wildman–Crippen MR) is 126 cm³/mol. The van der Waals surface area contributed by atoms with Crippen LogP contribution in [0.2, 0.25) is 0 Å². The highest BCUT2D eigenvalue weighted by Gasteiger charge is 2.64. The number of esters is 1. The van der Waals surface area contributed by atoms with Gasteiger partial charge in [0.1, 0.15) is 12.2 Å². The van der Waals surface area contributed by atoms with Gasteiger partial charge in [0.2, 0.25) is 5.79 Å². The molecule has 0 aliphatic carbocycles. The van der Waals surface area contributed by atoms with Crippen LogP contribution in [0.1, 0.15) is 78.6 Å². The molecule has 9 nitrogen and oxygen atoms in total. The summed E-state index contributed by atoms with van der Waals surface area (Å²) in [6.45, 7) is 6.19.